The molecule has 1 rings (SSSR count). The maximum atomic E-state index is 10.9. The fraction of sp³-hybridized carbons (Fsp3) is 0.333. The van der Waals surface area contributed by atoms with Gasteiger partial charge in [0.15, 0.2) is 0 Å². The van der Waals surface area contributed by atoms with E-state index in [1.807, 2.05) is 6.07 Å². The van der Waals surface area contributed by atoms with Gasteiger partial charge in [-0.05, 0) is 12.0 Å². The summed E-state index contributed by atoms with van der Waals surface area (Å²) in [5.74, 6) is -3.47. The molecule has 17 heavy (non-hydrogen) atoms. The van der Waals surface area contributed by atoms with Crippen molar-refractivity contribution in [3.8, 4) is 0 Å². The molecule has 0 aliphatic rings. The molecule has 5 heteroatoms. The maximum Gasteiger partial charge on any atom is 0.125 e. The van der Waals surface area contributed by atoms with Crippen LogP contribution in [0, 0.1) is 5.92 Å². The third-order valence-electron chi connectivity index (χ3n) is 2.56. The monoisotopic (exact) mass is 236 g/mol. The molecule has 0 saturated carbocycles. The Kier molecular flexibility index (Phi) is 4.66. The molecule has 0 aromatic heterocycles. The molecule has 1 aromatic rings. The van der Waals surface area contributed by atoms with E-state index < -0.39 is 23.9 Å². The molecular formula is C12H14NO4-. The van der Waals surface area contributed by atoms with Gasteiger partial charge in [-0.25, -0.2) is 0 Å². The molecule has 1 aromatic carbocycles. The summed E-state index contributed by atoms with van der Waals surface area (Å²) in [6.07, 6.45) is 0.155. The number of benzene rings is 1. The van der Waals surface area contributed by atoms with Crippen molar-refractivity contribution in [2.75, 3.05) is 0 Å². The number of carboxylic acids is 2. The molecular weight excluding hydrogens is 222 g/mol. The van der Waals surface area contributed by atoms with E-state index in [0.29, 0.717) is 0 Å². The van der Waals surface area contributed by atoms with Crippen molar-refractivity contribution < 1.29 is 25.5 Å². The quantitative estimate of drug-likeness (QED) is 0.581. The molecule has 0 heterocycles. The molecule has 0 spiro atoms. The fourth-order valence-electron chi connectivity index (χ4n) is 1.60. The highest BCUT2D eigenvalue weighted by Crippen LogP contribution is 2.12. The zero-order valence-electron chi connectivity index (χ0n) is 9.30. The number of quaternary nitrogens is 1. The van der Waals surface area contributed by atoms with E-state index in [1.165, 1.54) is 0 Å². The van der Waals surface area contributed by atoms with Crippen molar-refractivity contribution in [3.05, 3.63) is 35.9 Å². The first-order valence-electron chi connectivity index (χ1n) is 5.29. The van der Waals surface area contributed by atoms with Gasteiger partial charge in [0, 0.05) is 18.3 Å². The Balaban J connectivity index is 2.67. The Hall–Kier alpha value is -1.88. The van der Waals surface area contributed by atoms with Crippen LogP contribution in [0.1, 0.15) is 12.0 Å². The first-order chi connectivity index (χ1) is 8.00. The van der Waals surface area contributed by atoms with E-state index >= 15 is 0 Å². The molecule has 0 radical (unpaired) electrons. The number of hydrogen-bond acceptors (Lipinski definition) is 4. The minimum Gasteiger partial charge on any atom is -0.550 e. The van der Waals surface area contributed by atoms with Crippen molar-refractivity contribution in [2.24, 2.45) is 5.92 Å². The predicted octanol–water partition coefficient (Wildman–Crippen LogP) is -2.65. The van der Waals surface area contributed by atoms with Crippen LogP contribution in [0.5, 0.6) is 0 Å². The normalized spacial score (nSPS) is 13.9. The van der Waals surface area contributed by atoms with Crippen molar-refractivity contribution >= 4 is 11.9 Å². The molecule has 0 aliphatic heterocycles. The summed E-state index contributed by atoms with van der Waals surface area (Å²) in [5.41, 5.74) is 4.17. The average Bonchev–Trinajstić information content (AvgIpc) is 2.29. The summed E-state index contributed by atoms with van der Waals surface area (Å²) in [4.78, 5) is 21.4. The van der Waals surface area contributed by atoms with Crippen LogP contribution in [0.2, 0.25) is 0 Å². The van der Waals surface area contributed by atoms with Crippen LogP contribution in [-0.2, 0) is 16.0 Å². The Bertz CT molecular complexity index is 391. The lowest BCUT2D eigenvalue weighted by Crippen LogP contribution is -2.69. The summed E-state index contributed by atoms with van der Waals surface area (Å²) < 4.78 is 0. The van der Waals surface area contributed by atoms with Crippen molar-refractivity contribution in [3.63, 3.8) is 0 Å². The van der Waals surface area contributed by atoms with Crippen molar-refractivity contribution in [1.82, 2.24) is 0 Å². The van der Waals surface area contributed by atoms with E-state index in [9.17, 15) is 19.8 Å². The lowest BCUT2D eigenvalue weighted by molar-refractivity contribution is -0.440. The van der Waals surface area contributed by atoms with Gasteiger partial charge in [0.1, 0.15) is 6.04 Å². The first kappa shape index (κ1) is 13.2. The molecule has 3 N–H and O–H groups in total. The lowest BCUT2D eigenvalue weighted by Gasteiger charge is -2.20. The first-order valence-corrected chi connectivity index (χ1v) is 5.29. The minimum absolute atomic E-state index is 0.0838. The summed E-state index contributed by atoms with van der Waals surface area (Å²) in [7, 11) is 0. The molecule has 0 amide bonds. The smallest absolute Gasteiger partial charge is 0.125 e. The van der Waals surface area contributed by atoms with E-state index in [1.54, 1.807) is 24.3 Å². The van der Waals surface area contributed by atoms with Gasteiger partial charge in [0.2, 0.25) is 0 Å². The maximum absolute atomic E-state index is 10.9. The van der Waals surface area contributed by atoms with Crippen LogP contribution >= 0.6 is 0 Å². The highest BCUT2D eigenvalue weighted by molar-refractivity contribution is 5.72. The van der Waals surface area contributed by atoms with Gasteiger partial charge < -0.3 is 25.5 Å². The number of aliphatic carboxylic acids is 2. The van der Waals surface area contributed by atoms with Crippen LogP contribution in [-0.4, -0.2) is 18.0 Å². The fourth-order valence-corrected chi connectivity index (χ4v) is 1.60. The lowest BCUT2D eigenvalue weighted by atomic mass is 9.93. The zero-order chi connectivity index (χ0) is 12.8. The summed E-state index contributed by atoms with van der Waals surface area (Å²) in [5, 5.41) is 21.4. The Morgan fingerprint density at radius 3 is 2.18 bits per heavy atom. The van der Waals surface area contributed by atoms with Crippen molar-refractivity contribution in [2.45, 2.75) is 18.9 Å². The van der Waals surface area contributed by atoms with E-state index in [0.717, 1.165) is 5.56 Å². The van der Waals surface area contributed by atoms with Gasteiger partial charge in [-0.2, -0.15) is 0 Å². The number of hydrogen-bond donors (Lipinski definition) is 1. The summed E-state index contributed by atoms with van der Waals surface area (Å²) in [6.45, 7) is 0. The number of rotatable bonds is 6. The van der Waals surface area contributed by atoms with Gasteiger partial charge in [0.25, 0.3) is 0 Å². The van der Waals surface area contributed by atoms with Crippen LogP contribution < -0.4 is 15.9 Å². The Labute approximate surface area is 98.9 Å². The zero-order valence-corrected chi connectivity index (χ0v) is 9.30. The van der Waals surface area contributed by atoms with Crippen LogP contribution in [0.15, 0.2) is 30.3 Å². The second-order valence-corrected chi connectivity index (χ2v) is 3.96. The predicted molar refractivity (Wildman–Crippen MR) is 54.9 cm³/mol. The summed E-state index contributed by atoms with van der Waals surface area (Å²) >= 11 is 0. The van der Waals surface area contributed by atoms with Gasteiger partial charge in [-0.1, -0.05) is 30.3 Å². The number of carboxylic acid groups (broad SMARTS) is 2. The average molecular weight is 236 g/mol. The molecule has 0 fully saturated rings. The largest absolute Gasteiger partial charge is 0.550 e. The van der Waals surface area contributed by atoms with Crippen molar-refractivity contribution in [1.29, 1.82) is 0 Å². The minimum atomic E-state index is -1.34. The SMILES string of the molecule is [NH3+][C@@H](C[C@@H](Cc1ccccc1)C(=O)[O-])C(=O)[O-]. The Morgan fingerprint density at radius 2 is 1.71 bits per heavy atom. The van der Waals surface area contributed by atoms with Crippen LogP contribution in [0.25, 0.3) is 0 Å². The second-order valence-electron chi connectivity index (χ2n) is 3.96. The molecule has 0 unspecified atom stereocenters. The molecule has 92 valence electrons. The van der Waals surface area contributed by atoms with E-state index in [2.05, 4.69) is 5.73 Å². The van der Waals surface area contributed by atoms with Gasteiger partial charge in [-0.3, -0.25) is 0 Å². The molecule has 0 bridgehead atoms. The highest BCUT2D eigenvalue weighted by atomic mass is 16.4. The standard InChI is InChI=1S/C12H15NO4/c13-10(12(16)17)7-9(11(14)15)6-8-4-2-1-3-5-8/h1-5,9-10H,6-7,13H2,(H,14,15)(H,16,17)/p-1/t9-,10+/m1/s1. The van der Waals surface area contributed by atoms with Crippen LogP contribution in [0.4, 0.5) is 0 Å². The topological polar surface area (TPSA) is 108 Å². The van der Waals surface area contributed by atoms with E-state index in [4.69, 9.17) is 0 Å². The van der Waals surface area contributed by atoms with Gasteiger partial charge in [-0.15, -0.1) is 0 Å². The second kappa shape index (κ2) is 6.00. The summed E-state index contributed by atoms with van der Waals surface area (Å²) in [6, 6.07) is 7.94. The number of carbonyl (C=O) groups excluding carboxylic acids is 2. The van der Waals surface area contributed by atoms with Gasteiger partial charge >= 0.3 is 0 Å². The molecule has 0 aliphatic carbocycles. The van der Waals surface area contributed by atoms with Gasteiger partial charge in [0.05, 0.1) is 5.97 Å². The molecule has 0 saturated heterocycles. The molecule has 2 atom stereocenters. The third kappa shape index (κ3) is 4.24. The number of carbonyl (C=O) groups is 2. The highest BCUT2D eigenvalue weighted by Gasteiger charge is 2.18. The van der Waals surface area contributed by atoms with E-state index in [-0.39, 0.29) is 12.8 Å². The van der Waals surface area contributed by atoms with Crippen LogP contribution in [0.3, 0.4) is 0 Å². The molecule has 5 nitrogen and oxygen atoms in total. The third-order valence-corrected chi connectivity index (χ3v) is 2.56. The Morgan fingerprint density at radius 1 is 1.12 bits per heavy atom.